The number of aliphatic hydroxyl groups excluding tert-OH is 1. The molecule has 0 saturated heterocycles. The third-order valence-electron chi connectivity index (χ3n) is 1.11. The molecule has 0 unspecified atom stereocenters. The summed E-state index contributed by atoms with van der Waals surface area (Å²) < 4.78 is 0. The Morgan fingerprint density at radius 1 is 1.73 bits per heavy atom. The maximum absolute atomic E-state index is 10.8. The van der Waals surface area contributed by atoms with Crippen LogP contribution in [0.2, 0.25) is 0 Å². The van der Waals surface area contributed by atoms with Crippen molar-refractivity contribution in [3.05, 3.63) is 0 Å². The van der Waals surface area contributed by atoms with Crippen molar-refractivity contribution in [2.24, 2.45) is 0 Å². The molecule has 0 saturated carbocycles. The average molecular weight is 177 g/mol. The predicted octanol–water partition coefficient (Wildman–Crippen LogP) is 0.237. The first-order valence-corrected chi connectivity index (χ1v) is 5.00. The first-order chi connectivity index (χ1) is 5.16. The maximum atomic E-state index is 10.8. The molecular weight excluding hydrogens is 162 g/mol. The van der Waals surface area contributed by atoms with E-state index in [9.17, 15) is 4.79 Å². The van der Waals surface area contributed by atoms with Gasteiger partial charge >= 0.3 is 0 Å². The zero-order chi connectivity index (χ0) is 8.69. The monoisotopic (exact) mass is 177 g/mol. The minimum atomic E-state index is -0.538. The Kier molecular flexibility index (Phi) is 6.36. The van der Waals surface area contributed by atoms with Gasteiger partial charge in [0, 0.05) is 12.3 Å². The standard InChI is InChI=1S/C7H15NO2S/c1-6(9)5-7(10)8-3-4-11-2/h6,9H,3-5H2,1-2H3,(H,8,10)/t6-/m1/s1. The Balaban J connectivity index is 3.23. The van der Waals surface area contributed by atoms with Crippen molar-refractivity contribution in [1.82, 2.24) is 5.32 Å². The highest BCUT2D eigenvalue weighted by molar-refractivity contribution is 7.98. The summed E-state index contributed by atoms with van der Waals surface area (Å²) >= 11 is 1.69. The molecule has 0 aliphatic heterocycles. The van der Waals surface area contributed by atoms with Crippen LogP contribution in [-0.4, -0.2) is 35.7 Å². The molecule has 0 aliphatic carbocycles. The molecule has 0 spiro atoms. The summed E-state index contributed by atoms with van der Waals surface area (Å²) in [7, 11) is 0. The fraction of sp³-hybridized carbons (Fsp3) is 0.857. The minimum absolute atomic E-state index is 0.0750. The molecule has 0 aromatic heterocycles. The van der Waals surface area contributed by atoms with Gasteiger partial charge in [-0.25, -0.2) is 0 Å². The van der Waals surface area contributed by atoms with E-state index in [1.54, 1.807) is 18.7 Å². The van der Waals surface area contributed by atoms with E-state index in [0.717, 1.165) is 5.75 Å². The quantitative estimate of drug-likeness (QED) is 0.591. The van der Waals surface area contributed by atoms with E-state index in [1.807, 2.05) is 6.26 Å². The second-order valence-corrected chi connectivity index (χ2v) is 3.38. The minimum Gasteiger partial charge on any atom is -0.393 e. The van der Waals surface area contributed by atoms with Gasteiger partial charge < -0.3 is 10.4 Å². The largest absolute Gasteiger partial charge is 0.393 e. The number of amides is 1. The Hall–Kier alpha value is -0.220. The van der Waals surface area contributed by atoms with Gasteiger partial charge in [0.15, 0.2) is 0 Å². The zero-order valence-electron chi connectivity index (χ0n) is 6.96. The van der Waals surface area contributed by atoms with E-state index in [1.165, 1.54) is 0 Å². The van der Waals surface area contributed by atoms with Crippen molar-refractivity contribution >= 4 is 17.7 Å². The molecule has 0 fully saturated rings. The SMILES string of the molecule is CSCCNC(=O)C[C@@H](C)O. The number of thioether (sulfide) groups is 1. The van der Waals surface area contributed by atoms with Crippen molar-refractivity contribution in [2.45, 2.75) is 19.4 Å². The Morgan fingerprint density at radius 2 is 2.36 bits per heavy atom. The lowest BCUT2D eigenvalue weighted by atomic mass is 10.3. The Labute approximate surface area is 71.6 Å². The highest BCUT2D eigenvalue weighted by Gasteiger charge is 2.03. The molecule has 11 heavy (non-hydrogen) atoms. The molecular formula is C7H15NO2S. The maximum Gasteiger partial charge on any atom is 0.222 e. The number of hydrogen-bond acceptors (Lipinski definition) is 3. The van der Waals surface area contributed by atoms with E-state index >= 15 is 0 Å². The Morgan fingerprint density at radius 3 is 2.82 bits per heavy atom. The van der Waals surface area contributed by atoms with Crippen molar-refractivity contribution in [2.75, 3.05) is 18.6 Å². The summed E-state index contributed by atoms with van der Waals surface area (Å²) in [5.74, 6) is 0.847. The number of aliphatic hydroxyl groups is 1. The number of nitrogens with one attached hydrogen (secondary N) is 1. The predicted molar refractivity (Wildman–Crippen MR) is 47.7 cm³/mol. The summed E-state index contributed by atoms with van der Waals surface area (Å²) in [5, 5.41) is 11.5. The van der Waals surface area contributed by atoms with Crippen LogP contribution in [-0.2, 0) is 4.79 Å². The van der Waals surface area contributed by atoms with Crippen LogP contribution in [0, 0.1) is 0 Å². The van der Waals surface area contributed by atoms with Crippen molar-refractivity contribution in [3.63, 3.8) is 0 Å². The lowest BCUT2D eigenvalue weighted by Crippen LogP contribution is -2.28. The molecule has 0 rings (SSSR count). The fourth-order valence-corrected chi connectivity index (χ4v) is 0.939. The van der Waals surface area contributed by atoms with Crippen LogP contribution in [0.15, 0.2) is 0 Å². The van der Waals surface area contributed by atoms with Crippen LogP contribution in [0.1, 0.15) is 13.3 Å². The third kappa shape index (κ3) is 7.68. The lowest BCUT2D eigenvalue weighted by Gasteiger charge is -2.04. The molecule has 0 heterocycles. The molecule has 3 nitrogen and oxygen atoms in total. The second-order valence-electron chi connectivity index (χ2n) is 2.40. The van der Waals surface area contributed by atoms with Gasteiger partial charge in [-0.1, -0.05) is 0 Å². The van der Waals surface area contributed by atoms with Gasteiger partial charge in [0.2, 0.25) is 5.91 Å². The number of carbonyl (C=O) groups is 1. The Bertz CT molecular complexity index is 117. The molecule has 0 aliphatic rings. The van der Waals surface area contributed by atoms with Crippen LogP contribution >= 0.6 is 11.8 Å². The second kappa shape index (κ2) is 6.49. The summed E-state index contributed by atoms with van der Waals surface area (Å²) in [4.78, 5) is 10.8. The molecule has 0 radical (unpaired) electrons. The molecule has 0 aromatic carbocycles. The summed E-state index contributed by atoms with van der Waals surface area (Å²) in [6.07, 6.45) is 1.65. The first-order valence-electron chi connectivity index (χ1n) is 3.60. The summed E-state index contributed by atoms with van der Waals surface area (Å²) in [6, 6.07) is 0. The highest BCUT2D eigenvalue weighted by atomic mass is 32.2. The first kappa shape index (κ1) is 10.8. The molecule has 2 N–H and O–H groups in total. The van der Waals surface area contributed by atoms with Crippen LogP contribution in [0.4, 0.5) is 0 Å². The number of hydrogen-bond donors (Lipinski definition) is 2. The topological polar surface area (TPSA) is 49.3 Å². The fourth-order valence-electron chi connectivity index (χ4n) is 0.633. The molecule has 0 bridgehead atoms. The normalized spacial score (nSPS) is 12.6. The summed E-state index contributed by atoms with van der Waals surface area (Å²) in [6.45, 7) is 2.29. The van der Waals surface area contributed by atoms with Gasteiger partial charge in [-0.3, -0.25) is 4.79 Å². The van der Waals surface area contributed by atoms with Crippen LogP contribution in [0.5, 0.6) is 0 Å². The molecule has 1 amide bonds. The van der Waals surface area contributed by atoms with E-state index in [4.69, 9.17) is 5.11 Å². The van der Waals surface area contributed by atoms with E-state index < -0.39 is 6.10 Å². The molecule has 0 aromatic rings. The van der Waals surface area contributed by atoms with Gasteiger partial charge in [0.25, 0.3) is 0 Å². The van der Waals surface area contributed by atoms with Crippen molar-refractivity contribution in [1.29, 1.82) is 0 Å². The van der Waals surface area contributed by atoms with Crippen molar-refractivity contribution in [3.8, 4) is 0 Å². The van der Waals surface area contributed by atoms with Gasteiger partial charge in [-0.15, -0.1) is 0 Å². The average Bonchev–Trinajstić information content (AvgIpc) is 1.86. The van der Waals surface area contributed by atoms with Gasteiger partial charge in [0.05, 0.1) is 12.5 Å². The molecule has 4 heteroatoms. The van der Waals surface area contributed by atoms with Gasteiger partial charge in [-0.2, -0.15) is 11.8 Å². The van der Waals surface area contributed by atoms with E-state index in [2.05, 4.69) is 5.32 Å². The molecule has 66 valence electrons. The summed E-state index contributed by atoms with van der Waals surface area (Å²) in [5.41, 5.74) is 0. The number of rotatable bonds is 5. The van der Waals surface area contributed by atoms with Gasteiger partial charge in [0.1, 0.15) is 0 Å². The van der Waals surface area contributed by atoms with E-state index in [0.29, 0.717) is 6.54 Å². The smallest absolute Gasteiger partial charge is 0.222 e. The van der Waals surface area contributed by atoms with Crippen LogP contribution in [0.3, 0.4) is 0 Å². The zero-order valence-corrected chi connectivity index (χ0v) is 7.78. The van der Waals surface area contributed by atoms with Crippen LogP contribution in [0.25, 0.3) is 0 Å². The van der Waals surface area contributed by atoms with Crippen LogP contribution < -0.4 is 5.32 Å². The van der Waals surface area contributed by atoms with Gasteiger partial charge in [-0.05, 0) is 13.2 Å². The van der Waals surface area contributed by atoms with Crippen molar-refractivity contribution < 1.29 is 9.90 Å². The van der Waals surface area contributed by atoms with E-state index in [-0.39, 0.29) is 12.3 Å². The highest BCUT2D eigenvalue weighted by Crippen LogP contribution is 1.90. The lowest BCUT2D eigenvalue weighted by molar-refractivity contribution is -0.122. The molecule has 1 atom stereocenters. The third-order valence-corrected chi connectivity index (χ3v) is 1.72. The number of carbonyl (C=O) groups excluding carboxylic acids is 1.